The molecule has 27 heavy (non-hydrogen) atoms. The largest absolute Gasteiger partial charge is 0.497 e. The summed E-state index contributed by atoms with van der Waals surface area (Å²) in [6.07, 6.45) is 7.89. The van der Waals surface area contributed by atoms with Crippen molar-refractivity contribution >= 4 is 10.9 Å². The molecule has 0 saturated carbocycles. The summed E-state index contributed by atoms with van der Waals surface area (Å²) in [5, 5.41) is 1.31. The number of benzene rings is 1. The molecule has 2 bridgehead atoms. The minimum Gasteiger partial charge on any atom is -0.497 e. The average molecular weight is 362 g/mol. The van der Waals surface area contributed by atoms with Gasteiger partial charge in [0.15, 0.2) is 0 Å². The van der Waals surface area contributed by atoms with Crippen LogP contribution in [0, 0.1) is 6.92 Å². The molecule has 0 radical (unpaired) electrons. The zero-order valence-electron chi connectivity index (χ0n) is 16.3. The maximum absolute atomic E-state index is 5.48. The highest BCUT2D eigenvalue weighted by Crippen LogP contribution is 2.44. The molecular formula is C22H26N4O. The summed E-state index contributed by atoms with van der Waals surface area (Å²) in [7, 11) is 1.74. The van der Waals surface area contributed by atoms with E-state index in [1.807, 2.05) is 6.92 Å². The van der Waals surface area contributed by atoms with Crippen LogP contribution >= 0.6 is 0 Å². The number of aromatic nitrogens is 3. The van der Waals surface area contributed by atoms with Gasteiger partial charge in [-0.05, 0) is 50.5 Å². The Morgan fingerprint density at radius 3 is 2.96 bits per heavy atom. The summed E-state index contributed by atoms with van der Waals surface area (Å²) in [6, 6.07) is 7.45. The van der Waals surface area contributed by atoms with Crippen LogP contribution in [0.4, 0.5) is 0 Å². The van der Waals surface area contributed by atoms with Gasteiger partial charge in [0.2, 0.25) is 0 Å². The number of nitrogens with zero attached hydrogens (tertiary/aromatic N) is 4. The first kappa shape index (κ1) is 16.8. The molecule has 0 N–H and O–H groups in total. The topological polar surface area (TPSA) is 43.2 Å². The number of aryl methyl sites for hydroxylation is 2. The Hall–Kier alpha value is -2.40. The SMILES string of the molecule is CCn1cc(CN2C3CCC2c2cnc(C)nc2C3)c2cc(OC)ccc21. The third-order valence-electron chi connectivity index (χ3n) is 6.32. The molecule has 2 unspecified atom stereocenters. The fourth-order valence-corrected chi connectivity index (χ4v) is 4.98. The van der Waals surface area contributed by atoms with Crippen molar-refractivity contribution in [2.45, 2.75) is 58.3 Å². The number of hydrogen-bond donors (Lipinski definition) is 0. The van der Waals surface area contributed by atoms with Gasteiger partial charge in [0.1, 0.15) is 11.6 Å². The lowest BCUT2D eigenvalue weighted by Gasteiger charge is -2.35. The van der Waals surface area contributed by atoms with Crippen LogP contribution < -0.4 is 4.74 Å². The number of ether oxygens (including phenoxy) is 1. The molecule has 1 aromatic carbocycles. The molecule has 4 heterocycles. The van der Waals surface area contributed by atoms with Crippen molar-refractivity contribution in [1.82, 2.24) is 19.4 Å². The Morgan fingerprint density at radius 2 is 2.15 bits per heavy atom. The lowest BCUT2D eigenvalue weighted by atomic mass is 9.98. The molecule has 2 aliphatic rings. The Labute approximate surface area is 160 Å². The highest BCUT2D eigenvalue weighted by Gasteiger charge is 2.40. The van der Waals surface area contributed by atoms with E-state index in [4.69, 9.17) is 9.72 Å². The first-order valence-corrected chi connectivity index (χ1v) is 9.92. The second kappa shape index (κ2) is 6.34. The van der Waals surface area contributed by atoms with Gasteiger partial charge in [0, 0.05) is 60.5 Å². The van der Waals surface area contributed by atoms with Crippen LogP contribution in [0.2, 0.25) is 0 Å². The molecular weight excluding hydrogens is 336 g/mol. The van der Waals surface area contributed by atoms with E-state index in [0.29, 0.717) is 12.1 Å². The minimum atomic E-state index is 0.449. The molecule has 0 spiro atoms. The number of rotatable bonds is 4. The van der Waals surface area contributed by atoms with Crippen LogP contribution in [0.1, 0.15) is 48.5 Å². The van der Waals surface area contributed by atoms with Crippen LogP contribution in [-0.4, -0.2) is 32.6 Å². The van der Waals surface area contributed by atoms with Crippen LogP contribution in [0.15, 0.2) is 30.6 Å². The molecule has 5 nitrogen and oxygen atoms in total. The molecule has 3 aromatic rings. The predicted octanol–water partition coefficient (Wildman–Crippen LogP) is 4.03. The normalized spacial score (nSPS) is 21.6. The van der Waals surface area contributed by atoms with E-state index < -0.39 is 0 Å². The van der Waals surface area contributed by atoms with Crippen molar-refractivity contribution in [2.24, 2.45) is 0 Å². The summed E-state index contributed by atoms with van der Waals surface area (Å²) < 4.78 is 7.83. The molecule has 1 saturated heterocycles. The summed E-state index contributed by atoms with van der Waals surface area (Å²) in [6.45, 7) is 6.14. The molecule has 2 aliphatic heterocycles. The second-order valence-corrected chi connectivity index (χ2v) is 7.77. The van der Waals surface area contributed by atoms with Gasteiger partial charge in [0.25, 0.3) is 0 Å². The second-order valence-electron chi connectivity index (χ2n) is 7.77. The van der Waals surface area contributed by atoms with E-state index >= 15 is 0 Å². The Kier molecular flexibility index (Phi) is 3.93. The van der Waals surface area contributed by atoms with Gasteiger partial charge in [-0.2, -0.15) is 0 Å². The number of hydrogen-bond acceptors (Lipinski definition) is 4. The van der Waals surface area contributed by atoms with E-state index in [1.54, 1.807) is 7.11 Å². The first-order chi connectivity index (χ1) is 13.2. The zero-order valence-corrected chi connectivity index (χ0v) is 16.3. The number of fused-ring (bicyclic) bond motifs is 5. The standard InChI is InChI=1S/C22H26N4O/c1-4-25-12-15(18-10-17(27-3)6-8-21(18)25)13-26-16-5-7-22(26)19-11-23-14(2)24-20(19)9-16/h6,8,10-12,16,22H,4-5,7,9,13H2,1-3H3. The van der Waals surface area contributed by atoms with E-state index in [0.717, 1.165) is 31.1 Å². The van der Waals surface area contributed by atoms with Crippen LogP contribution in [0.5, 0.6) is 5.75 Å². The summed E-state index contributed by atoms with van der Waals surface area (Å²) in [5.74, 6) is 1.81. The van der Waals surface area contributed by atoms with Crippen molar-refractivity contribution in [3.05, 3.63) is 53.2 Å². The molecule has 140 valence electrons. The van der Waals surface area contributed by atoms with Crippen molar-refractivity contribution in [3.63, 3.8) is 0 Å². The third-order valence-corrected chi connectivity index (χ3v) is 6.32. The van der Waals surface area contributed by atoms with Gasteiger partial charge < -0.3 is 9.30 Å². The fourth-order valence-electron chi connectivity index (χ4n) is 4.98. The monoisotopic (exact) mass is 362 g/mol. The zero-order chi connectivity index (χ0) is 18.5. The van der Waals surface area contributed by atoms with E-state index in [-0.39, 0.29) is 0 Å². The van der Waals surface area contributed by atoms with Crippen molar-refractivity contribution in [1.29, 1.82) is 0 Å². The van der Waals surface area contributed by atoms with Gasteiger partial charge in [-0.25, -0.2) is 9.97 Å². The van der Waals surface area contributed by atoms with Crippen molar-refractivity contribution in [2.75, 3.05) is 7.11 Å². The maximum Gasteiger partial charge on any atom is 0.125 e. The van der Waals surface area contributed by atoms with Gasteiger partial charge in [-0.3, -0.25) is 4.90 Å². The van der Waals surface area contributed by atoms with E-state index in [9.17, 15) is 0 Å². The maximum atomic E-state index is 5.48. The van der Waals surface area contributed by atoms with E-state index in [2.05, 4.69) is 52.0 Å². The van der Waals surface area contributed by atoms with Gasteiger partial charge >= 0.3 is 0 Å². The quantitative estimate of drug-likeness (QED) is 0.703. The smallest absolute Gasteiger partial charge is 0.125 e. The van der Waals surface area contributed by atoms with Crippen LogP contribution in [-0.2, 0) is 19.5 Å². The molecule has 5 rings (SSSR count). The number of methoxy groups -OCH3 is 1. The Bertz CT molecular complexity index is 1010. The molecule has 5 heteroatoms. The van der Waals surface area contributed by atoms with Crippen molar-refractivity contribution < 1.29 is 4.74 Å². The summed E-state index contributed by atoms with van der Waals surface area (Å²) in [5.41, 5.74) is 5.28. The highest BCUT2D eigenvalue weighted by atomic mass is 16.5. The van der Waals surface area contributed by atoms with Gasteiger partial charge in [-0.15, -0.1) is 0 Å². The average Bonchev–Trinajstić information content (AvgIpc) is 3.17. The summed E-state index contributed by atoms with van der Waals surface area (Å²) >= 11 is 0. The van der Waals surface area contributed by atoms with Crippen LogP contribution in [0.25, 0.3) is 10.9 Å². The van der Waals surface area contributed by atoms with Crippen molar-refractivity contribution in [3.8, 4) is 5.75 Å². The lowest BCUT2D eigenvalue weighted by Crippen LogP contribution is -2.37. The molecule has 0 aliphatic carbocycles. The Balaban J connectivity index is 1.53. The summed E-state index contributed by atoms with van der Waals surface area (Å²) in [4.78, 5) is 11.9. The molecule has 0 amide bonds. The molecule has 1 fully saturated rings. The van der Waals surface area contributed by atoms with Gasteiger partial charge in [-0.1, -0.05) is 0 Å². The fraction of sp³-hybridized carbons (Fsp3) is 0.455. The highest BCUT2D eigenvalue weighted by molar-refractivity contribution is 5.85. The first-order valence-electron chi connectivity index (χ1n) is 9.92. The third kappa shape index (κ3) is 2.64. The van der Waals surface area contributed by atoms with Gasteiger partial charge in [0.05, 0.1) is 12.8 Å². The molecule has 2 atom stereocenters. The lowest BCUT2D eigenvalue weighted by molar-refractivity contribution is 0.166. The Morgan fingerprint density at radius 1 is 1.26 bits per heavy atom. The minimum absolute atomic E-state index is 0.449. The predicted molar refractivity (Wildman–Crippen MR) is 106 cm³/mol. The van der Waals surface area contributed by atoms with E-state index in [1.165, 1.54) is 40.6 Å². The molecule has 2 aromatic heterocycles. The van der Waals surface area contributed by atoms with Crippen LogP contribution in [0.3, 0.4) is 0 Å².